The summed E-state index contributed by atoms with van der Waals surface area (Å²) in [5, 5.41) is 3.57. The molecule has 0 bridgehead atoms. The van der Waals surface area contributed by atoms with Crippen molar-refractivity contribution >= 4 is 11.8 Å². The highest BCUT2D eigenvalue weighted by molar-refractivity contribution is 8.00. The van der Waals surface area contributed by atoms with Crippen molar-refractivity contribution in [2.45, 2.75) is 39.7 Å². The lowest BCUT2D eigenvalue weighted by Crippen LogP contribution is -2.40. The van der Waals surface area contributed by atoms with Crippen molar-refractivity contribution in [3.63, 3.8) is 0 Å². The lowest BCUT2D eigenvalue weighted by atomic mass is 9.91. The SMILES string of the molecule is CC(C)(C)CCCNC1CSC1. The van der Waals surface area contributed by atoms with E-state index >= 15 is 0 Å². The van der Waals surface area contributed by atoms with Crippen LogP contribution in [0.25, 0.3) is 0 Å². The normalized spacial score (nSPS) is 19.2. The van der Waals surface area contributed by atoms with E-state index in [4.69, 9.17) is 0 Å². The van der Waals surface area contributed by atoms with Gasteiger partial charge in [0.2, 0.25) is 0 Å². The molecule has 72 valence electrons. The fraction of sp³-hybridized carbons (Fsp3) is 1.00. The van der Waals surface area contributed by atoms with Crippen molar-refractivity contribution < 1.29 is 0 Å². The van der Waals surface area contributed by atoms with Crippen LogP contribution in [0, 0.1) is 5.41 Å². The Morgan fingerprint density at radius 2 is 2.00 bits per heavy atom. The molecule has 1 aliphatic rings. The van der Waals surface area contributed by atoms with Gasteiger partial charge in [-0.2, -0.15) is 11.8 Å². The minimum atomic E-state index is 0.510. The summed E-state index contributed by atoms with van der Waals surface area (Å²) in [5.74, 6) is 2.66. The fourth-order valence-electron chi connectivity index (χ4n) is 1.28. The molecule has 1 heterocycles. The Balaban J connectivity index is 1.88. The van der Waals surface area contributed by atoms with Crippen LogP contribution in [0.5, 0.6) is 0 Å². The van der Waals surface area contributed by atoms with Gasteiger partial charge in [-0.25, -0.2) is 0 Å². The Hall–Kier alpha value is 0.310. The quantitative estimate of drug-likeness (QED) is 0.679. The van der Waals surface area contributed by atoms with Crippen molar-refractivity contribution in [2.75, 3.05) is 18.1 Å². The molecule has 1 rings (SSSR count). The first-order valence-electron chi connectivity index (χ1n) is 4.89. The zero-order chi connectivity index (χ0) is 9.03. The number of thioether (sulfide) groups is 1. The van der Waals surface area contributed by atoms with Crippen molar-refractivity contribution in [3.05, 3.63) is 0 Å². The number of hydrogen-bond acceptors (Lipinski definition) is 2. The Kier molecular flexibility index (Phi) is 3.91. The van der Waals surface area contributed by atoms with Crippen molar-refractivity contribution in [1.82, 2.24) is 5.32 Å². The predicted molar refractivity (Wildman–Crippen MR) is 57.8 cm³/mol. The molecule has 1 N–H and O–H groups in total. The summed E-state index contributed by atoms with van der Waals surface area (Å²) >= 11 is 2.05. The molecule has 0 saturated carbocycles. The third-order valence-electron chi connectivity index (χ3n) is 2.17. The fourth-order valence-corrected chi connectivity index (χ4v) is 1.99. The van der Waals surface area contributed by atoms with E-state index in [1.54, 1.807) is 0 Å². The molecule has 0 radical (unpaired) electrons. The van der Waals surface area contributed by atoms with Gasteiger partial charge >= 0.3 is 0 Å². The van der Waals surface area contributed by atoms with Crippen LogP contribution in [-0.4, -0.2) is 24.1 Å². The van der Waals surface area contributed by atoms with E-state index in [1.165, 1.54) is 30.9 Å². The zero-order valence-electron chi connectivity index (χ0n) is 8.52. The van der Waals surface area contributed by atoms with Gasteiger partial charge in [-0.05, 0) is 24.8 Å². The molecule has 0 aromatic carbocycles. The van der Waals surface area contributed by atoms with Crippen LogP contribution in [0.2, 0.25) is 0 Å². The minimum Gasteiger partial charge on any atom is -0.312 e. The topological polar surface area (TPSA) is 12.0 Å². The molecule has 0 amide bonds. The molecular weight excluding hydrogens is 166 g/mol. The second kappa shape index (κ2) is 4.52. The smallest absolute Gasteiger partial charge is 0.0248 e. The molecule has 0 aromatic heterocycles. The molecule has 1 fully saturated rings. The maximum atomic E-state index is 3.57. The zero-order valence-corrected chi connectivity index (χ0v) is 9.34. The molecule has 0 spiro atoms. The first-order chi connectivity index (χ1) is 5.58. The summed E-state index contributed by atoms with van der Waals surface area (Å²) in [5.41, 5.74) is 0.510. The van der Waals surface area contributed by atoms with Crippen LogP contribution < -0.4 is 5.32 Å². The lowest BCUT2D eigenvalue weighted by Gasteiger charge is -2.26. The van der Waals surface area contributed by atoms with Gasteiger partial charge in [0, 0.05) is 17.5 Å². The van der Waals surface area contributed by atoms with Crippen LogP contribution in [0.15, 0.2) is 0 Å². The molecule has 0 unspecified atom stereocenters. The van der Waals surface area contributed by atoms with E-state index in [2.05, 4.69) is 26.1 Å². The summed E-state index contributed by atoms with van der Waals surface area (Å²) in [6.07, 6.45) is 2.66. The highest BCUT2D eigenvalue weighted by Crippen LogP contribution is 2.21. The van der Waals surface area contributed by atoms with E-state index in [9.17, 15) is 0 Å². The van der Waals surface area contributed by atoms with E-state index < -0.39 is 0 Å². The molecule has 2 heteroatoms. The highest BCUT2D eigenvalue weighted by Gasteiger charge is 2.17. The van der Waals surface area contributed by atoms with E-state index in [0.29, 0.717) is 5.41 Å². The molecule has 12 heavy (non-hydrogen) atoms. The van der Waals surface area contributed by atoms with Crippen LogP contribution in [0.3, 0.4) is 0 Å². The second-order valence-corrected chi connectivity index (χ2v) is 5.93. The molecule has 1 aliphatic heterocycles. The predicted octanol–water partition coefficient (Wildman–Crippen LogP) is 2.52. The van der Waals surface area contributed by atoms with E-state index in [0.717, 1.165) is 6.04 Å². The highest BCUT2D eigenvalue weighted by atomic mass is 32.2. The summed E-state index contributed by atoms with van der Waals surface area (Å²) in [7, 11) is 0. The van der Waals surface area contributed by atoms with Gasteiger partial charge in [0.05, 0.1) is 0 Å². The van der Waals surface area contributed by atoms with Gasteiger partial charge < -0.3 is 5.32 Å². The lowest BCUT2D eigenvalue weighted by molar-refractivity contribution is 0.357. The van der Waals surface area contributed by atoms with Crippen LogP contribution in [-0.2, 0) is 0 Å². The van der Waals surface area contributed by atoms with Crippen molar-refractivity contribution in [2.24, 2.45) is 5.41 Å². The third-order valence-corrected chi connectivity index (χ3v) is 3.45. The van der Waals surface area contributed by atoms with Gasteiger partial charge in [-0.1, -0.05) is 20.8 Å². The summed E-state index contributed by atoms with van der Waals surface area (Å²) < 4.78 is 0. The first-order valence-corrected chi connectivity index (χ1v) is 6.04. The standard InChI is InChI=1S/C10H21NS/c1-10(2,3)5-4-6-11-9-7-12-8-9/h9,11H,4-8H2,1-3H3. The Morgan fingerprint density at radius 1 is 1.33 bits per heavy atom. The summed E-state index contributed by atoms with van der Waals surface area (Å²) in [4.78, 5) is 0. The third kappa shape index (κ3) is 4.36. The number of hydrogen-bond donors (Lipinski definition) is 1. The largest absolute Gasteiger partial charge is 0.312 e. The second-order valence-electron chi connectivity index (χ2n) is 4.85. The van der Waals surface area contributed by atoms with Gasteiger partial charge in [-0.3, -0.25) is 0 Å². The maximum Gasteiger partial charge on any atom is 0.0248 e. The molecule has 1 nitrogen and oxygen atoms in total. The Morgan fingerprint density at radius 3 is 2.42 bits per heavy atom. The average molecular weight is 187 g/mol. The van der Waals surface area contributed by atoms with Crippen molar-refractivity contribution in [1.29, 1.82) is 0 Å². The molecule has 0 aromatic rings. The van der Waals surface area contributed by atoms with Crippen molar-refractivity contribution in [3.8, 4) is 0 Å². The molecular formula is C10H21NS. The van der Waals surface area contributed by atoms with Crippen LogP contribution in [0.4, 0.5) is 0 Å². The maximum absolute atomic E-state index is 3.57. The number of nitrogens with one attached hydrogen (secondary N) is 1. The van der Waals surface area contributed by atoms with Gasteiger partial charge in [0.15, 0.2) is 0 Å². The summed E-state index contributed by atoms with van der Waals surface area (Å²) in [6, 6.07) is 0.829. The number of rotatable bonds is 4. The monoisotopic (exact) mass is 187 g/mol. The Labute approximate surface area is 80.7 Å². The van der Waals surface area contributed by atoms with Gasteiger partial charge in [-0.15, -0.1) is 0 Å². The minimum absolute atomic E-state index is 0.510. The van der Waals surface area contributed by atoms with Crippen LogP contribution in [0.1, 0.15) is 33.6 Å². The average Bonchev–Trinajstić information content (AvgIpc) is 1.80. The van der Waals surface area contributed by atoms with E-state index in [-0.39, 0.29) is 0 Å². The first kappa shape index (κ1) is 10.4. The van der Waals surface area contributed by atoms with Gasteiger partial charge in [0.1, 0.15) is 0 Å². The summed E-state index contributed by atoms with van der Waals surface area (Å²) in [6.45, 7) is 8.15. The van der Waals surface area contributed by atoms with Gasteiger partial charge in [0.25, 0.3) is 0 Å². The molecule has 0 aliphatic carbocycles. The Bertz CT molecular complexity index is 124. The molecule has 1 saturated heterocycles. The van der Waals surface area contributed by atoms with E-state index in [1.807, 2.05) is 11.8 Å². The van der Waals surface area contributed by atoms with Crippen LogP contribution >= 0.6 is 11.8 Å². The molecule has 0 atom stereocenters.